The van der Waals surface area contributed by atoms with E-state index < -0.39 is 0 Å². The number of benzene rings is 2. The number of hydrogen-bond donors (Lipinski definition) is 2. The molecule has 2 N–H and O–H groups in total. The monoisotopic (exact) mass is 628 g/mol. The van der Waals surface area contributed by atoms with Crippen molar-refractivity contribution >= 4 is 21.9 Å². The molecule has 0 radical (unpaired) electrons. The summed E-state index contributed by atoms with van der Waals surface area (Å²) in [7, 11) is 0. The molecule has 0 spiro atoms. The molecule has 0 amide bonds. The highest BCUT2D eigenvalue weighted by Crippen LogP contribution is 2.41. The highest BCUT2D eigenvalue weighted by molar-refractivity contribution is 5.80. The van der Waals surface area contributed by atoms with Gasteiger partial charge in [0, 0.05) is 50.8 Å². The molecule has 4 aromatic rings. The zero-order valence-electron chi connectivity index (χ0n) is 29.8. The number of ether oxygens (including phenoxy) is 2. The Bertz CT molecular complexity index is 1530. The first-order valence-electron chi connectivity index (χ1n) is 17.4. The molecule has 2 aromatic carbocycles. The maximum absolute atomic E-state index is 6.47. The Kier molecular flexibility index (Phi) is 8.55. The van der Waals surface area contributed by atoms with Crippen LogP contribution in [-0.2, 0) is 10.8 Å². The van der Waals surface area contributed by atoms with Crippen LogP contribution in [0.15, 0.2) is 57.4 Å². The van der Waals surface area contributed by atoms with Crippen LogP contribution in [0.25, 0.3) is 21.9 Å². The summed E-state index contributed by atoms with van der Waals surface area (Å²) in [6, 6.07) is 17.9. The van der Waals surface area contributed by atoms with Gasteiger partial charge in [0.25, 0.3) is 0 Å². The van der Waals surface area contributed by atoms with E-state index in [1.807, 2.05) is 6.07 Å². The summed E-state index contributed by atoms with van der Waals surface area (Å²) in [5.74, 6) is 3.83. The number of nitrogens with one attached hydrogen (secondary N) is 2. The number of fused-ring (bicyclic) bond motifs is 2. The van der Waals surface area contributed by atoms with Crippen LogP contribution in [0.5, 0.6) is 11.5 Å². The highest BCUT2D eigenvalue weighted by atomic mass is 16.5. The SMILES string of the molecule is CC(C)(C)NC1CC(Oc2ccc3oc(C(C)(C)CCC(C)(C)c4cc5ccc(OC6CC(NC(C)(C)C)C6)cc5o4)cc3c2)C1. The molecule has 250 valence electrons. The van der Waals surface area contributed by atoms with Crippen molar-refractivity contribution in [3.05, 3.63) is 60.1 Å². The highest BCUT2D eigenvalue weighted by Gasteiger charge is 2.35. The molecule has 0 saturated heterocycles. The maximum atomic E-state index is 6.47. The summed E-state index contributed by atoms with van der Waals surface area (Å²) in [4.78, 5) is 0. The predicted molar refractivity (Wildman–Crippen MR) is 188 cm³/mol. The quantitative estimate of drug-likeness (QED) is 0.172. The number of rotatable bonds is 11. The third kappa shape index (κ3) is 7.77. The van der Waals surface area contributed by atoms with E-state index in [-0.39, 0.29) is 34.1 Å². The van der Waals surface area contributed by atoms with Gasteiger partial charge >= 0.3 is 0 Å². The summed E-state index contributed by atoms with van der Waals surface area (Å²) in [6.45, 7) is 22.4. The lowest BCUT2D eigenvalue weighted by atomic mass is 9.76. The van der Waals surface area contributed by atoms with Gasteiger partial charge < -0.3 is 28.9 Å². The zero-order chi connectivity index (χ0) is 33.1. The van der Waals surface area contributed by atoms with Crippen LogP contribution in [-0.4, -0.2) is 35.4 Å². The van der Waals surface area contributed by atoms with E-state index >= 15 is 0 Å². The van der Waals surface area contributed by atoms with E-state index in [1.165, 1.54) is 0 Å². The Morgan fingerprint density at radius 1 is 0.565 bits per heavy atom. The van der Waals surface area contributed by atoms with Gasteiger partial charge in [0.15, 0.2) is 0 Å². The second kappa shape index (κ2) is 11.9. The first kappa shape index (κ1) is 33.0. The molecule has 2 heterocycles. The fourth-order valence-electron chi connectivity index (χ4n) is 6.89. The molecule has 46 heavy (non-hydrogen) atoms. The lowest BCUT2D eigenvalue weighted by Gasteiger charge is -2.40. The Hall–Kier alpha value is -2.96. The topological polar surface area (TPSA) is 68.8 Å². The molecule has 0 unspecified atom stereocenters. The van der Waals surface area contributed by atoms with Crippen molar-refractivity contribution in [1.82, 2.24) is 10.6 Å². The molecule has 2 aromatic heterocycles. The molecule has 6 heteroatoms. The second-order valence-electron chi connectivity index (χ2n) is 17.5. The minimum Gasteiger partial charge on any atom is -0.490 e. The molecule has 0 bridgehead atoms. The smallest absolute Gasteiger partial charge is 0.137 e. The zero-order valence-corrected chi connectivity index (χ0v) is 29.8. The fourth-order valence-corrected chi connectivity index (χ4v) is 6.89. The lowest BCUT2D eigenvalue weighted by molar-refractivity contribution is 0.0731. The van der Waals surface area contributed by atoms with E-state index in [1.54, 1.807) is 0 Å². The average molecular weight is 629 g/mol. The van der Waals surface area contributed by atoms with Gasteiger partial charge in [-0.1, -0.05) is 27.7 Å². The lowest BCUT2D eigenvalue weighted by Crippen LogP contribution is -2.53. The van der Waals surface area contributed by atoms with Crippen LogP contribution < -0.4 is 20.1 Å². The normalized spacial score (nSPS) is 22.6. The van der Waals surface area contributed by atoms with Gasteiger partial charge in [-0.15, -0.1) is 0 Å². The Balaban J connectivity index is 1.05. The summed E-state index contributed by atoms with van der Waals surface area (Å²) < 4.78 is 25.5. The maximum Gasteiger partial charge on any atom is 0.137 e. The van der Waals surface area contributed by atoms with Gasteiger partial charge in [-0.25, -0.2) is 0 Å². The summed E-state index contributed by atoms with van der Waals surface area (Å²) in [5, 5.41) is 9.56. The van der Waals surface area contributed by atoms with Gasteiger partial charge in [-0.2, -0.15) is 0 Å². The molecule has 2 aliphatic rings. The molecular weight excluding hydrogens is 572 g/mol. The Morgan fingerprint density at radius 2 is 1.02 bits per heavy atom. The van der Waals surface area contributed by atoms with Gasteiger partial charge in [-0.05, 0) is 123 Å². The first-order valence-corrected chi connectivity index (χ1v) is 17.4. The summed E-state index contributed by atoms with van der Waals surface area (Å²) >= 11 is 0. The first-order chi connectivity index (χ1) is 21.4. The molecule has 6 rings (SSSR count). The van der Waals surface area contributed by atoms with Crippen molar-refractivity contribution in [1.29, 1.82) is 0 Å². The van der Waals surface area contributed by atoms with Crippen molar-refractivity contribution in [3.63, 3.8) is 0 Å². The molecular formula is C40H56N2O4. The minimum absolute atomic E-state index is 0.132. The van der Waals surface area contributed by atoms with Crippen molar-refractivity contribution in [2.75, 3.05) is 0 Å². The predicted octanol–water partition coefficient (Wildman–Crippen LogP) is 9.81. The van der Waals surface area contributed by atoms with Crippen LogP contribution >= 0.6 is 0 Å². The second-order valence-corrected chi connectivity index (χ2v) is 17.5. The van der Waals surface area contributed by atoms with Crippen LogP contribution in [0.2, 0.25) is 0 Å². The Labute approximate surface area is 276 Å². The van der Waals surface area contributed by atoms with E-state index in [0.717, 1.165) is 83.5 Å². The minimum atomic E-state index is -0.132. The van der Waals surface area contributed by atoms with Crippen LogP contribution in [0.3, 0.4) is 0 Å². The molecule has 0 atom stereocenters. The van der Waals surface area contributed by atoms with Gasteiger partial charge in [0.2, 0.25) is 0 Å². The van der Waals surface area contributed by atoms with Crippen molar-refractivity contribution in [2.24, 2.45) is 0 Å². The van der Waals surface area contributed by atoms with E-state index in [4.69, 9.17) is 18.3 Å². The van der Waals surface area contributed by atoms with Crippen molar-refractivity contribution < 1.29 is 18.3 Å². The Morgan fingerprint density at radius 3 is 1.54 bits per heavy atom. The van der Waals surface area contributed by atoms with Crippen LogP contribution in [0.4, 0.5) is 0 Å². The largest absolute Gasteiger partial charge is 0.490 e. The van der Waals surface area contributed by atoms with E-state index in [2.05, 4.69) is 122 Å². The van der Waals surface area contributed by atoms with Crippen LogP contribution in [0.1, 0.15) is 119 Å². The number of furan rings is 2. The summed E-state index contributed by atoms with van der Waals surface area (Å²) in [6.07, 6.45) is 6.63. The fraction of sp³-hybridized carbons (Fsp3) is 0.600. The van der Waals surface area contributed by atoms with Gasteiger partial charge in [-0.3, -0.25) is 0 Å². The molecule has 2 aliphatic carbocycles. The average Bonchev–Trinajstić information content (AvgIpc) is 3.53. The van der Waals surface area contributed by atoms with E-state index in [0.29, 0.717) is 12.1 Å². The molecule has 6 nitrogen and oxygen atoms in total. The summed E-state index contributed by atoms with van der Waals surface area (Å²) in [5.41, 5.74) is 1.81. The van der Waals surface area contributed by atoms with Crippen molar-refractivity contribution in [2.45, 2.75) is 154 Å². The standard InChI is InChI=1S/C40H56N2O4/c1-37(2,3)41-27-20-31(21-27)43-29-13-14-33-26(17-29)19-36(45-33)40(9,10)16-15-39(7,8)35-18-25-11-12-30(24-34(25)46-35)44-32-22-28(23-32)42-38(4,5)6/h11-14,17-19,24,27-28,31-32,41-42H,15-16,20-23H2,1-10H3. The van der Waals surface area contributed by atoms with E-state index in [9.17, 15) is 0 Å². The third-order valence-corrected chi connectivity index (χ3v) is 9.76. The molecule has 0 aliphatic heterocycles. The van der Waals surface area contributed by atoms with Gasteiger partial charge in [0.05, 0.1) is 0 Å². The number of hydrogen-bond acceptors (Lipinski definition) is 6. The third-order valence-electron chi connectivity index (χ3n) is 9.76. The molecule has 2 fully saturated rings. The van der Waals surface area contributed by atoms with Gasteiger partial charge in [0.1, 0.15) is 46.4 Å². The molecule has 2 saturated carbocycles. The van der Waals surface area contributed by atoms with Crippen LogP contribution in [0, 0.1) is 0 Å². The van der Waals surface area contributed by atoms with Crippen molar-refractivity contribution in [3.8, 4) is 11.5 Å².